The van der Waals surface area contributed by atoms with Crippen LogP contribution in [0.25, 0.3) is 11.3 Å². The van der Waals surface area contributed by atoms with Gasteiger partial charge in [0.15, 0.2) is 0 Å². The number of fused-ring (bicyclic) bond motifs is 1. The molecule has 0 bridgehead atoms. The van der Waals surface area contributed by atoms with Crippen molar-refractivity contribution in [1.29, 1.82) is 0 Å². The smallest absolute Gasteiger partial charge is 0.335 e. The lowest BCUT2D eigenvalue weighted by atomic mass is 9.92. The molecule has 0 saturated carbocycles. The number of carboxylic acids is 1. The minimum absolute atomic E-state index is 0.0707. The zero-order valence-electron chi connectivity index (χ0n) is 15.0. The number of carbonyl (C=O) groups is 2. The SMILES string of the molecule is CC(C)n1ncc2c1NC(=O)C[C@@H]2c1ccc(-c2ccc(C(=O)O)cc2)o1. The summed E-state index contributed by atoms with van der Waals surface area (Å²) in [6.45, 7) is 4.02. The van der Waals surface area contributed by atoms with Crippen LogP contribution in [0.5, 0.6) is 0 Å². The number of nitrogens with one attached hydrogen (secondary N) is 1. The number of benzene rings is 1. The molecule has 1 aromatic carbocycles. The normalized spacial score (nSPS) is 16.3. The fraction of sp³-hybridized carbons (Fsp3) is 0.250. The Labute approximate surface area is 155 Å². The molecule has 0 aliphatic carbocycles. The predicted octanol–water partition coefficient (Wildman–Crippen LogP) is 3.90. The number of furan rings is 1. The molecule has 1 aliphatic heterocycles. The van der Waals surface area contributed by atoms with Crippen molar-refractivity contribution in [1.82, 2.24) is 9.78 Å². The number of aromatic nitrogens is 2. The molecular formula is C20H19N3O4. The van der Waals surface area contributed by atoms with Crippen molar-refractivity contribution in [2.75, 3.05) is 5.32 Å². The maximum atomic E-state index is 12.2. The van der Waals surface area contributed by atoms with E-state index in [4.69, 9.17) is 9.52 Å². The summed E-state index contributed by atoms with van der Waals surface area (Å²) in [5, 5.41) is 16.3. The Balaban J connectivity index is 1.68. The van der Waals surface area contributed by atoms with E-state index in [0.717, 1.165) is 16.9 Å². The summed E-state index contributed by atoms with van der Waals surface area (Å²) >= 11 is 0. The van der Waals surface area contributed by atoms with E-state index >= 15 is 0 Å². The maximum absolute atomic E-state index is 12.2. The van der Waals surface area contributed by atoms with E-state index in [2.05, 4.69) is 10.4 Å². The maximum Gasteiger partial charge on any atom is 0.335 e. The van der Waals surface area contributed by atoms with Crippen molar-refractivity contribution in [2.45, 2.75) is 32.2 Å². The summed E-state index contributed by atoms with van der Waals surface area (Å²) in [5.74, 6) is 0.795. The van der Waals surface area contributed by atoms with E-state index in [-0.39, 0.29) is 23.4 Å². The molecule has 0 saturated heterocycles. The van der Waals surface area contributed by atoms with Gasteiger partial charge in [-0.05, 0) is 38.1 Å². The average Bonchev–Trinajstić information content (AvgIpc) is 3.28. The van der Waals surface area contributed by atoms with E-state index < -0.39 is 5.97 Å². The van der Waals surface area contributed by atoms with Crippen LogP contribution in [0.15, 0.2) is 47.0 Å². The summed E-state index contributed by atoms with van der Waals surface area (Å²) in [6.07, 6.45) is 2.07. The molecule has 0 unspecified atom stereocenters. The third-order valence-corrected chi connectivity index (χ3v) is 4.72. The van der Waals surface area contributed by atoms with Crippen molar-refractivity contribution in [2.24, 2.45) is 0 Å². The first-order valence-electron chi connectivity index (χ1n) is 8.74. The van der Waals surface area contributed by atoms with Gasteiger partial charge in [-0.15, -0.1) is 0 Å². The van der Waals surface area contributed by atoms with Gasteiger partial charge in [-0.1, -0.05) is 12.1 Å². The molecule has 0 fully saturated rings. The van der Waals surface area contributed by atoms with Gasteiger partial charge in [0.05, 0.1) is 17.7 Å². The Morgan fingerprint density at radius 2 is 2.00 bits per heavy atom. The third kappa shape index (κ3) is 3.01. The van der Waals surface area contributed by atoms with E-state index in [0.29, 0.717) is 17.9 Å². The first kappa shape index (κ1) is 17.1. The zero-order chi connectivity index (χ0) is 19.1. The van der Waals surface area contributed by atoms with E-state index in [1.54, 1.807) is 35.1 Å². The molecule has 1 atom stereocenters. The molecule has 4 rings (SSSR count). The van der Waals surface area contributed by atoms with Crippen LogP contribution in [0, 0.1) is 0 Å². The number of carbonyl (C=O) groups excluding carboxylic acids is 1. The highest BCUT2D eigenvalue weighted by Crippen LogP contribution is 2.39. The number of nitrogens with zero attached hydrogens (tertiary/aromatic N) is 2. The van der Waals surface area contributed by atoms with E-state index in [9.17, 15) is 9.59 Å². The molecule has 3 aromatic rings. The lowest BCUT2D eigenvalue weighted by Crippen LogP contribution is -2.25. The van der Waals surface area contributed by atoms with Crippen molar-refractivity contribution < 1.29 is 19.1 Å². The molecule has 7 nitrogen and oxygen atoms in total. The lowest BCUT2D eigenvalue weighted by Gasteiger charge is -2.23. The molecule has 0 radical (unpaired) electrons. The second kappa shape index (κ2) is 6.42. The van der Waals surface area contributed by atoms with Crippen LogP contribution in [0.3, 0.4) is 0 Å². The number of hydrogen-bond acceptors (Lipinski definition) is 4. The highest BCUT2D eigenvalue weighted by atomic mass is 16.4. The number of carboxylic acid groups (broad SMARTS) is 1. The zero-order valence-corrected chi connectivity index (χ0v) is 15.0. The lowest BCUT2D eigenvalue weighted by molar-refractivity contribution is -0.116. The molecule has 0 spiro atoms. The van der Waals surface area contributed by atoms with Crippen molar-refractivity contribution in [3.63, 3.8) is 0 Å². The standard InChI is InChI=1S/C20H19N3O4/c1-11(2)23-19-15(10-21-23)14(9-18(24)22-19)17-8-7-16(27-17)12-3-5-13(6-4-12)20(25)26/h3-8,10-11,14H,9H2,1-2H3,(H,22,24)(H,25,26)/t14-/m0/s1. The second-order valence-corrected chi connectivity index (χ2v) is 6.88. The monoisotopic (exact) mass is 365 g/mol. The Kier molecular flexibility index (Phi) is 4.07. The minimum Gasteiger partial charge on any atom is -0.478 e. The van der Waals surface area contributed by atoms with Crippen molar-refractivity contribution >= 4 is 17.7 Å². The first-order valence-corrected chi connectivity index (χ1v) is 8.74. The van der Waals surface area contributed by atoms with Gasteiger partial charge in [0, 0.05) is 23.6 Å². The van der Waals surface area contributed by atoms with Gasteiger partial charge in [0.1, 0.15) is 17.3 Å². The van der Waals surface area contributed by atoms with Crippen LogP contribution in [0.4, 0.5) is 5.82 Å². The topological polar surface area (TPSA) is 97.4 Å². The fourth-order valence-electron chi connectivity index (χ4n) is 3.36. The van der Waals surface area contributed by atoms with Gasteiger partial charge < -0.3 is 14.8 Å². The van der Waals surface area contributed by atoms with Gasteiger partial charge in [-0.3, -0.25) is 4.79 Å². The van der Waals surface area contributed by atoms with Gasteiger partial charge >= 0.3 is 5.97 Å². The van der Waals surface area contributed by atoms with Gasteiger partial charge in [-0.2, -0.15) is 5.10 Å². The van der Waals surface area contributed by atoms with Crippen LogP contribution in [-0.2, 0) is 4.79 Å². The second-order valence-electron chi connectivity index (χ2n) is 6.88. The fourth-order valence-corrected chi connectivity index (χ4v) is 3.36. The number of hydrogen-bond donors (Lipinski definition) is 2. The van der Waals surface area contributed by atoms with Crippen LogP contribution in [0.1, 0.15) is 53.9 Å². The Hall–Kier alpha value is -3.35. The molecular weight excluding hydrogens is 346 g/mol. The minimum atomic E-state index is -0.968. The van der Waals surface area contributed by atoms with Crippen LogP contribution in [-0.4, -0.2) is 26.8 Å². The van der Waals surface area contributed by atoms with E-state index in [1.807, 2.05) is 26.0 Å². The van der Waals surface area contributed by atoms with Crippen LogP contribution >= 0.6 is 0 Å². The summed E-state index contributed by atoms with van der Waals surface area (Å²) in [7, 11) is 0. The molecule has 1 amide bonds. The highest BCUT2D eigenvalue weighted by Gasteiger charge is 2.32. The predicted molar refractivity (Wildman–Crippen MR) is 98.8 cm³/mol. The van der Waals surface area contributed by atoms with Gasteiger partial charge in [0.2, 0.25) is 5.91 Å². The Morgan fingerprint density at radius 1 is 1.26 bits per heavy atom. The number of amides is 1. The molecule has 7 heteroatoms. The van der Waals surface area contributed by atoms with Crippen LogP contribution in [0.2, 0.25) is 0 Å². The Morgan fingerprint density at radius 3 is 2.67 bits per heavy atom. The highest BCUT2D eigenvalue weighted by molar-refractivity contribution is 5.94. The number of aromatic carboxylic acids is 1. The third-order valence-electron chi connectivity index (χ3n) is 4.72. The quantitative estimate of drug-likeness (QED) is 0.731. The molecule has 2 N–H and O–H groups in total. The first-order chi connectivity index (χ1) is 12.9. The van der Waals surface area contributed by atoms with Gasteiger partial charge in [-0.25, -0.2) is 9.48 Å². The molecule has 138 valence electrons. The Bertz CT molecular complexity index is 1010. The van der Waals surface area contributed by atoms with E-state index in [1.165, 1.54) is 0 Å². The summed E-state index contributed by atoms with van der Waals surface area (Å²) in [6, 6.07) is 10.3. The summed E-state index contributed by atoms with van der Waals surface area (Å²) < 4.78 is 7.82. The number of anilines is 1. The number of rotatable bonds is 4. The van der Waals surface area contributed by atoms with Crippen molar-refractivity contribution in [3.05, 3.63) is 59.5 Å². The summed E-state index contributed by atoms with van der Waals surface area (Å²) in [5.41, 5.74) is 1.94. The average molecular weight is 365 g/mol. The molecule has 1 aliphatic rings. The molecule has 27 heavy (non-hydrogen) atoms. The molecule has 2 aromatic heterocycles. The summed E-state index contributed by atoms with van der Waals surface area (Å²) in [4.78, 5) is 23.2. The van der Waals surface area contributed by atoms with Crippen molar-refractivity contribution in [3.8, 4) is 11.3 Å². The van der Waals surface area contributed by atoms with Crippen LogP contribution < -0.4 is 5.32 Å². The van der Waals surface area contributed by atoms with Gasteiger partial charge in [0.25, 0.3) is 0 Å². The molecule has 3 heterocycles. The largest absolute Gasteiger partial charge is 0.478 e.